The predicted octanol–water partition coefficient (Wildman–Crippen LogP) is 3.07. The van der Waals surface area contributed by atoms with Crippen LogP contribution in [0.4, 0.5) is 17.1 Å². The summed E-state index contributed by atoms with van der Waals surface area (Å²) in [5.74, 6) is -1.60. The average Bonchev–Trinajstić information content (AvgIpc) is 3.00. The first-order valence-corrected chi connectivity index (χ1v) is 10.7. The number of anilines is 3. The van der Waals surface area contributed by atoms with E-state index in [0.29, 0.717) is 46.2 Å². The Balaban J connectivity index is 1.77. The highest BCUT2D eigenvalue weighted by molar-refractivity contribution is 7.93. The van der Waals surface area contributed by atoms with Crippen molar-refractivity contribution < 1.29 is 18.0 Å². The lowest BCUT2D eigenvalue weighted by atomic mass is 10.1. The van der Waals surface area contributed by atoms with E-state index in [2.05, 4.69) is 10.6 Å². The minimum absolute atomic E-state index is 0.101. The molecule has 0 aromatic heterocycles. The van der Waals surface area contributed by atoms with E-state index in [0.717, 1.165) is 0 Å². The molecule has 7 nitrogen and oxygen atoms in total. The maximum absolute atomic E-state index is 12.3. The lowest BCUT2D eigenvalue weighted by Crippen LogP contribution is -2.30. The summed E-state index contributed by atoms with van der Waals surface area (Å²) in [6, 6.07) is 9.96. The number of nitrogens with one attached hydrogen (secondary N) is 2. The van der Waals surface area contributed by atoms with Crippen molar-refractivity contribution in [2.75, 3.05) is 27.2 Å². The van der Waals surface area contributed by atoms with Crippen molar-refractivity contribution in [1.82, 2.24) is 0 Å². The summed E-state index contributed by atoms with van der Waals surface area (Å²) in [6.45, 7) is 3.89. The van der Waals surface area contributed by atoms with Gasteiger partial charge < -0.3 is 10.6 Å². The highest BCUT2D eigenvalue weighted by Crippen LogP contribution is 2.28. The maximum atomic E-state index is 12.3. The van der Waals surface area contributed by atoms with Crippen LogP contribution in [0.25, 0.3) is 0 Å². The zero-order valence-electron chi connectivity index (χ0n) is 15.5. The van der Waals surface area contributed by atoms with Crippen LogP contribution in [0, 0.1) is 13.8 Å². The third-order valence-corrected chi connectivity index (χ3v) is 6.86. The van der Waals surface area contributed by atoms with Gasteiger partial charge in [0.05, 0.1) is 11.4 Å². The summed E-state index contributed by atoms with van der Waals surface area (Å²) >= 11 is 6.02. The van der Waals surface area contributed by atoms with Gasteiger partial charge in [0.1, 0.15) is 0 Å². The number of sulfonamides is 1. The zero-order chi connectivity index (χ0) is 20.5. The van der Waals surface area contributed by atoms with Gasteiger partial charge in [-0.15, -0.1) is 0 Å². The van der Waals surface area contributed by atoms with E-state index >= 15 is 0 Å². The van der Waals surface area contributed by atoms with Crippen LogP contribution in [0.15, 0.2) is 36.4 Å². The molecule has 2 amide bonds. The predicted molar refractivity (Wildman–Crippen MR) is 110 cm³/mol. The van der Waals surface area contributed by atoms with E-state index in [1.54, 1.807) is 50.2 Å². The molecule has 9 heteroatoms. The molecule has 1 aliphatic rings. The number of carbonyl (C=O) groups is 2. The van der Waals surface area contributed by atoms with Crippen molar-refractivity contribution in [3.8, 4) is 0 Å². The standard InChI is InChI=1S/C19H20ClN3O4S/c1-12-7-8-14(23-9-4-10-28(23,26)27)11-17(12)22-19(25)18(24)21-16-6-3-5-15(20)13(16)2/h3,5-8,11H,4,9-10H2,1-2H3,(H,21,24)(H,22,25). The lowest BCUT2D eigenvalue weighted by Gasteiger charge is -2.19. The van der Waals surface area contributed by atoms with E-state index < -0.39 is 21.8 Å². The molecular weight excluding hydrogens is 402 g/mol. The lowest BCUT2D eigenvalue weighted by molar-refractivity contribution is -0.133. The Hall–Kier alpha value is -2.58. The molecule has 0 spiro atoms. The number of carbonyl (C=O) groups excluding carboxylic acids is 2. The van der Waals surface area contributed by atoms with Gasteiger partial charge in [0.25, 0.3) is 0 Å². The molecule has 0 radical (unpaired) electrons. The third-order valence-electron chi connectivity index (χ3n) is 4.58. The molecule has 1 saturated heterocycles. The van der Waals surface area contributed by atoms with E-state index in [9.17, 15) is 18.0 Å². The molecule has 28 heavy (non-hydrogen) atoms. The normalized spacial score (nSPS) is 15.3. The Labute approximate surface area is 168 Å². The summed E-state index contributed by atoms with van der Waals surface area (Å²) in [5.41, 5.74) is 2.65. The molecule has 3 rings (SSSR count). The Morgan fingerprint density at radius 2 is 1.71 bits per heavy atom. The molecule has 1 fully saturated rings. The summed E-state index contributed by atoms with van der Waals surface area (Å²) < 4.78 is 25.5. The Bertz CT molecular complexity index is 1050. The van der Waals surface area contributed by atoms with Gasteiger partial charge in [-0.1, -0.05) is 23.7 Å². The van der Waals surface area contributed by atoms with Crippen LogP contribution in [0.5, 0.6) is 0 Å². The number of halogens is 1. The number of hydrogen-bond acceptors (Lipinski definition) is 4. The first-order valence-electron chi connectivity index (χ1n) is 8.67. The molecule has 0 atom stereocenters. The number of rotatable bonds is 3. The highest BCUT2D eigenvalue weighted by atomic mass is 35.5. The molecule has 1 heterocycles. The van der Waals surface area contributed by atoms with Gasteiger partial charge in [-0.25, -0.2) is 8.42 Å². The van der Waals surface area contributed by atoms with Gasteiger partial charge in [-0.2, -0.15) is 0 Å². The fourth-order valence-electron chi connectivity index (χ4n) is 2.93. The highest BCUT2D eigenvalue weighted by Gasteiger charge is 2.29. The summed E-state index contributed by atoms with van der Waals surface area (Å²) in [5, 5.41) is 5.56. The van der Waals surface area contributed by atoms with E-state index in [1.165, 1.54) is 4.31 Å². The van der Waals surface area contributed by atoms with Crippen molar-refractivity contribution >= 4 is 50.5 Å². The fourth-order valence-corrected chi connectivity index (χ4v) is 4.66. The second-order valence-corrected chi connectivity index (χ2v) is 8.98. The fraction of sp³-hybridized carbons (Fsp3) is 0.263. The van der Waals surface area contributed by atoms with Gasteiger partial charge in [-0.3, -0.25) is 13.9 Å². The van der Waals surface area contributed by atoms with E-state index in [4.69, 9.17) is 11.6 Å². The number of hydrogen-bond donors (Lipinski definition) is 2. The summed E-state index contributed by atoms with van der Waals surface area (Å²) in [7, 11) is -3.34. The number of aryl methyl sites for hydroxylation is 1. The Kier molecular flexibility index (Phi) is 5.62. The number of benzene rings is 2. The van der Waals surface area contributed by atoms with Crippen LogP contribution in [0.3, 0.4) is 0 Å². The second-order valence-electron chi connectivity index (χ2n) is 6.56. The largest absolute Gasteiger partial charge is 0.317 e. The van der Waals surface area contributed by atoms with Gasteiger partial charge in [0.2, 0.25) is 10.0 Å². The molecule has 148 valence electrons. The van der Waals surface area contributed by atoms with Crippen LogP contribution in [-0.2, 0) is 19.6 Å². The SMILES string of the molecule is Cc1ccc(N2CCCS2(=O)=O)cc1NC(=O)C(=O)Nc1cccc(Cl)c1C. The van der Waals surface area contributed by atoms with Crippen LogP contribution < -0.4 is 14.9 Å². The smallest absolute Gasteiger partial charge is 0.314 e. The molecule has 2 N–H and O–H groups in total. The number of amides is 2. The van der Waals surface area contributed by atoms with E-state index in [1.807, 2.05) is 0 Å². The number of nitrogens with zero attached hydrogens (tertiary/aromatic N) is 1. The molecule has 0 saturated carbocycles. The van der Waals surface area contributed by atoms with Crippen LogP contribution in [0.2, 0.25) is 5.02 Å². The van der Waals surface area contributed by atoms with Gasteiger partial charge in [0, 0.05) is 22.9 Å². The average molecular weight is 422 g/mol. The van der Waals surface area contributed by atoms with Crippen LogP contribution in [0.1, 0.15) is 17.5 Å². The Morgan fingerprint density at radius 1 is 1.04 bits per heavy atom. The third kappa shape index (κ3) is 4.13. The first kappa shape index (κ1) is 20.2. The quantitative estimate of drug-likeness (QED) is 0.744. The van der Waals surface area contributed by atoms with Crippen molar-refractivity contribution in [3.05, 3.63) is 52.5 Å². The minimum Gasteiger partial charge on any atom is -0.317 e. The van der Waals surface area contributed by atoms with Crippen molar-refractivity contribution in [2.24, 2.45) is 0 Å². The monoisotopic (exact) mass is 421 g/mol. The van der Waals surface area contributed by atoms with Gasteiger partial charge >= 0.3 is 11.8 Å². The van der Waals surface area contributed by atoms with Crippen molar-refractivity contribution in [2.45, 2.75) is 20.3 Å². The Morgan fingerprint density at radius 3 is 2.36 bits per heavy atom. The van der Waals surface area contributed by atoms with Crippen LogP contribution >= 0.6 is 11.6 Å². The summed E-state index contributed by atoms with van der Waals surface area (Å²) in [4.78, 5) is 24.6. The molecule has 2 aromatic rings. The first-order chi connectivity index (χ1) is 13.2. The molecule has 2 aromatic carbocycles. The van der Waals surface area contributed by atoms with Gasteiger partial charge in [0.15, 0.2) is 0 Å². The summed E-state index contributed by atoms with van der Waals surface area (Å²) in [6.07, 6.45) is 0.555. The van der Waals surface area contributed by atoms with Crippen molar-refractivity contribution in [3.63, 3.8) is 0 Å². The molecule has 1 aliphatic heterocycles. The van der Waals surface area contributed by atoms with E-state index in [-0.39, 0.29) is 5.75 Å². The van der Waals surface area contributed by atoms with Crippen LogP contribution in [-0.4, -0.2) is 32.5 Å². The van der Waals surface area contributed by atoms with Gasteiger partial charge in [-0.05, 0) is 55.7 Å². The van der Waals surface area contributed by atoms with Crippen molar-refractivity contribution in [1.29, 1.82) is 0 Å². The molecule has 0 unspecified atom stereocenters. The maximum Gasteiger partial charge on any atom is 0.314 e. The molecule has 0 aliphatic carbocycles. The molecule has 0 bridgehead atoms. The zero-order valence-corrected chi connectivity index (χ0v) is 17.0. The minimum atomic E-state index is -3.34. The molecular formula is C19H20ClN3O4S. The topological polar surface area (TPSA) is 95.6 Å². The second kappa shape index (κ2) is 7.81.